The summed E-state index contributed by atoms with van der Waals surface area (Å²) >= 11 is 12.2. The molecule has 3 aromatic rings. The van der Waals surface area contributed by atoms with Crippen LogP contribution in [0.1, 0.15) is 5.69 Å². The molecule has 3 rings (SSSR count). The summed E-state index contributed by atoms with van der Waals surface area (Å²) in [6, 6.07) is 14.5. The largest absolute Gasteiger partial charge is 0.506 e. The Morgan fingerprint density at radius 1 is 0.952 bits per heavy atom. The van der Waals surface area contributed by atoms with Gasteiger partial charge in [-0.15, -0.1) is 0 Å². The van der Waals surface area contributed by atoms with Crippen molar-refractivity contribution < 1.29 is 5.11 Å². The number of benzene rings is 2. The number of aromatic hydroxyl groups is 1. The molecule has 0 bridgehead atoms. The Hall–Kier alpha value is -1.97. The second-order valence-electron chi connectivity index (χ2n) is 4.60. The molecule has 3 nitrogen and oxygen atoms in total. The normalized spacial score (nSPS) is 10.8. The summed E-state index contributed by atoms with van der Waals surface area (Å²) in [4.78, 5) is 4.45. The van der Waals surface area contributed by atoms with E-state index in [1.54, 1.807) is 30.3 Å². The number of nitrogens with zero attached hydrogens (tertiary/aromatic N) is 1. The Balaban J connectivity index is 1.87. The monoisotopic (exact) mass is 318 g/mol. The molecule has 0 aliphatic rings. The van der Waals surface area contributed by atoms with Crippen molar-refractivity contribution in [3.8, 4) is 5.75 Å². The molecule has 2 N–H and O–H groups in total. The lowest BCUT2D eigenvalue weighted by Gasteiger charge is -2.10. The summed E-state index contributed by atoms with van der Waals surface area (Å²) in [5, 5.41) is 15.0. The maximum absolute atomic E-state index is 9.84. The van der Waals surface area contributed by atoms with Crippen LogP contribution in [0.5, 0.6) is 5.75 Å². The molecule has 1 aromatic heterocycles. The number of anilines is 1. The van der Waals surface area contributed by atoms with Crippen LogP contribution in [0.15, 0.2) is 48.5 Å². The fraction of sp³-hybridized carbons (Fsp3) is 0.0625. The molecule has 0 amide bonds. The highest BCUT2D eigenvalue weighted by atomic mass is 35.5. The summed E-state index contributed by atoms with van der Waals surface area (Å²) in [5.74, 6) is 0.171. The van der Waals surface area contributed by atoms with Crippen molar-refractivity contribution in [2.24, 2.45) is 0 Å². The van der Waals surface area contributed by atoms with Crippen molar-refractivity contribution in [1.82, 2.24) is 4.98 Å². The third-order valence-corrected chi connectivity index (χ3v) is 3.80. The van der Waals surface area contributed by atoms with E-state index in [1.165, 1.54) is 0 Å². The first kappa shape index (κ1) is 14.0. The number of halogens is 2. The van der Waals surface area contributed by atoms with Gasteiger partial charge in [0.25, 0.3) is 0 Å². The van der Waals surface area contributed by atoms with Gasteiger partial charge in [-0.3, -0.25) is 0 Å². The second-order valence-corrected chi connectivity index (χ2v) is 5.42. The quantitative estimate of drug-likeness (QED) is 0.725. The first-order chi connectivity index (χ1) is 10.1. The Morgan fingerprint density at radius 2 is 1.67 bits per heavy atom. The van der Waals surface area contributed by atoms with E-state index in [1.807, 2.05) is 18.2 Å². The number of phenolic OH excluding ortho intramolecular Hbond substituents is 1. The molecule has 0 atom stereocenters. The number of aromatic nitrogens is 1. The van der Waals surface area contributed by atoms with Crippen molar-refractivity contribution in [1.29, 1.82) is 0 Å². The molecule has 0 radical (unpaired) electrons. The number of rotatable bonds is 3. The highest BCUT2D eigenvalue weighted by molar-refractivity contribution is 6.39. The molecule has 2 aromatic carbocycles. The Bertz CT molecular complexity index is 785. The fourth-order valence-corrected chi connectivity index (χ4v) is 2.65. The number of pyridine rings is 1. The van der Waals surface area contributed by atoms with Crippen LogP contribution < -0.4 is 5.32 Å². The molecular weight excluding hydrogens is 307 g/mol. The van der Waals surface area contributed by atoms with Gasteiger partial charge in [0.2, 0.25) is 0 Å². The Kier molecular flexibility index (Phi) is 3.86. The van der Waals surface area contributed by atoms with Gasteiger partial charge in [-0.2, -0.15) is 0 Å². The van der Waals surface area contributed by atoms with E-state index in [-0.39, 0.29) is 5.75 Å². The number of hydrogen-bond donors (Lipinski definition) is 2. The van der Waals surface area contributed by atoms with Gasteiger partial charge in [0.15, 0.2) is 0 Å². The molecule has 0 aliphatic carbocycles. The van der Waals surface area contributed by atoms with Crippen molar-refractivity contribution in [3.05, 3.63) is 64.3 Å². The number of phenols is 1. The van der Waals surface area contributed by atoms with Crippen LogP contribution >= 0.6 is 23.2 Å². The average molecular weight is 319 g/mol. The zero-order valence-corrected chi connectivity index (χ0v) is 12.5. The first-order valence-electron chi connectivity index (χ1n) is 6.40. The average Bonchev–Trinajstić information content (AvgIpc) is 2.47. The van der Waals surface area contributed by atoms with Crippen molar-refractivity contribution in [2.75, 3.05) is 5.32 Å². The van der Waals surface area contributed by atoms with E-state index < -0.39 is 0 Å². The minimum atomic E-state index is 0.171. The summed E-state index contributed by atoms with van der Waals surface area (Å²) in [6.07, 6.45) is 0. The van der Waals surface area contributed by atoms with Gasteiger partial charge in [0.05, 0.1) is 28.0 Å². The minimum absolute atomic E-state index is 0.171. The lowest BCUT2D eigenvalue weighted by atomic mass is 10.2. The lowest BCUT2D eigenvalue weighted by molar-refractivity contribution is 0.480. The van der Waals surface area contributed by atoms with Gasteiger partial charge >= 0.3 is 0 Å². The van der Waals surface area contributed by atoms with Gasteiger partial charge in [-0.1, -0.05) is 47.5 Å². The zero-order valence-electron chi connectivity index (χ0n) is 11.0. The van der Waals surface area contributed by atoms with Gasteiger partial charge in [0, 0.05) is 5.39 Å². The Morgan fingerprint density at radius 3 is 2.43 bits per heavy atom. The van der Waals surface area contributed by atoms with Crippen LogP contribution in [0.4, 0.5) is 5.69 Å². The van der Waals surface area contributed by atoms with Gasteiger partial charge < -0.3 is 10.4 Å². The SMILES string of the molecule is Oc1cccc2ccc(CNc3c(Cl)cccc3Cl)nc12. The standard InChI is InChI=1S/C16H12Cl2N2O/c17-12-4-2-5-13(18)16(12)19-9-11-8-7-10-3-1-6-14(21)15(10)20-11/h1-8,19,21H,9H2. The zero-order chi connectivity index (χ0) is 14.8. The summed E-state index contributed by atoms with van der Waals surface area (Å²) < 4.78 is 0. The lowest BCUT2D eigenvalue weighted by Crippen LogP contribution is -2.02. The molecule has 0 unspecified atom stereocenters. The van der Waals surface area contributed by atoms with Crippen molar-refractivity contribution in [2.45, 2.75) is 6.54 Å². The predicted octanol–water partition coefficient (Wildman–Crippen LogP) is 4.86. The topological polar surface area (TPSA) is 45.1 Å². The smallest absolute Gasteiger partial charge is 0.141 e. The van der Waals surface area contributed by atoms with Crippen LogP contribution in [0.2, 0.25) is 10.0 Å². The van der Waals surface area contributed by atoms with Crippen molar-refractivity contribution in [3.63, 3.8) is 0 Å². The van der Waals surface area contributed by atoms with E-state index in [9.17, 15) is 5.11 Å². The molecule has 0 aliphatic heterocycles. The summed E-state index contributed by atoms with van der Waals surface area (Å²) in [5.41, 5.74) is 2.06. The van der Waals surface area contributed by atoms with Gasteiger partial charge in [-0.25, -0.2) is 4.98 Å². The van der Waals surface area contributed by atoms with E-state index in [2.05, 4.69) is 10.3 Å². The molecule has 21 heavy (non-hydrogen) atoms. The molecule has 1 heterocycles. The van der Waals surface area contributed by atoms with Crippen LogP contribution in [0.3, 0.4) is 0 Å². The van der Waals surface area contributed by atoms with Gasteiger partial charge in [0.1, 0.15) is 11.3 Å². The maximum Gasteiger partial charge on any atom is 0.141 e. The summed E-state index contributed by atoms with van der Waals surface area (Å²) in [6.45, 7) is 0.466. The number of para-hydroxylation sites is 2. The van der Waals surface area contributed by atoms with Crippen LogP contribution in [0, 0.1) is 0 Å². The molecular formula is C16H12Cl2N2O. The Labute approximate surface area is 132 Å². The highest BCUT2D eigenvalue weighted by Gasteiger charge is 2.06. The van der Waals surface area contributed by atoms with Gasteiger partial charge in [-0.05, 0) is 24.3 Å². The minimum Gasteiger partial charge on any atom is -0.506 e. The molecule has 5 heteroatoms. The van der Waals surface area contributed by atoms with E-state index in [0.29, 0.717) is 27.8 Å². The molecule has 0 spiro atoms. The van der Waals surface area contributed by atoms with E-state index >= 15 is 0 Å². The fourth-order valence-electron chi connectivity index (χ4n) is 2.12. The number of fused-ring (bicyclic) bond motifs is 1. The molecule has 0 saturated heterocycles. The maximum atomic E-state index is 9.84. The third kappa shape index (κ3) is 2.89. The van der Waals surface area contributed by atoms with Crippen LogP contribution in [-0.4, -0.2) is 10.1 Å². The molecule has 0 fully saturated rings. The van der Waals surface area contributed by atoms with E-state index in [0.717, 1.165) is 11.1 Å². The number of hydrogen-bond acceptors (Lipinski definition) is 3. The number of nitrogens with one attached hydrogen (secondary N) is 1. The predicted molar refractivity (Wildman–Crippen MR) is 87.2 cm³/mol. The third-order valence-electron chi connectivity index (χ3n) is 3.17. The molecule has 0 saturated carbocycles. The first-order valence-corrected chi connectivity index (χ1v) is 7.16. The summed E-state index contributed by atoms with van der Waals surface area (Å²) in [7, 11) is 0. The van der Waals surface area contributed by atoms with Crippen LogP contribution in [-0.2, 0) is 6.54 Å². The van der Waals surface area contributed by atoms with Crippen molar-refractivity contribution >= 4 is 39.8 Å². The molecule has 106 valence electrons. The van der Waals surface area contributed by atoms with Crippen LogP contribution in [0.25, 0.3) is 10.9 Å². The highest BCUT2D eigenvalue weighted by Crippen LogP contribution is 2.30. The second kappa shape index (κ2) is 5.80. The van der Waals surface area contributed by atoms with E-state index in [4.69, 9.17) is 23.2 Å².